The molecule has 0 aliphatic rings. The first-order chi connectivity index (χ1) is 16.9. The number of aromatic nitrogens is 6. The number of fused-ring (bicyclic) bond motifs is 1. The van der Waals surface area contributed by atoms with Gasteiger partial charge in [0.2, 0.25) is 5.78 Å². The third kappa shape index (κ3) is 4.29. The molecule has 0 atom stereocenters. The lowest BCUT2D eigenvalue weighted by Gasteiger charge is -2.05. The van der Waals surface area contributed by atoms with Gasteiger partial charge in [-0.1, -0.05) is 24.3 Å². The maximum atomic E-state index is 13.2. The number of rotatable bonds is 6. The van der Waals surface area contributed by atoms with Crippen molar-refractivity contribution in [1.29, 1.82) is 0 Å². The monoisotopic (exact) mass is 463 g/mol. The van der Waals surface area contributed by atoms with Gasteiger partial charge in [-0.15, -0.1) is 0 Å². The molecule has 0 bridgehead atoms. The van der Waals surface area contributed by atoms with Crippen LogP contribution >= 0.6 is 0 Å². The van der Waals surface area contributed by atoms with Gasteiger partial charge in [0.05, 0.1) is 34.2 Å². The molecule has 35 heavy (non-hydrogen) atoms. The van der Waals surface area contributed by atoms with E-state index >= 15 is 0 Å². The average Bonchev–Trinajstić information content (AvgIpc) is 3.57. The van der Waals surface area contributed by atoms with Crippen LogP contribution in [0.4, 0.5) is 5.82 Å². The number of carbonyl (C=O) groups excluding carboxylic acids is 1. The molecule has 0 saturated carbocycles. The highest BCUT2D eigenvalue weighted by molar-refractivity contribution is 6.11. The molecular formula is C27H25N7O. The van der Waals surface area contributed by atoms with E-state index < -0.39 is 0 Å². The van der Waals surface area contributed by atoms with Crippen LogP contribution in [0.2, 0.25) is 0 Å². The molecule has 0 aliphatic heterocycles. The molecule has 1 aromatic carbocycles. The summed E-state index contributed by atoms with van der Waals surface area (Å²) in [7, 11) is 0. The van der Waals surface area contributed by atoms with Crippen LogP contribution in [0.15, 0.2) is 67.1 Å². The molecule has 0 spiro atoms. The molecule has 5 aromatic rings. The van der Waals surface area contributed by atoms with Crippen LogP contribution in [0, 0.1) is 13.8 Å². The van der Waals surface area contributed by atoms with E-state index in [2.05, 4.69) is 25.0 Å². The summed E-state index contributed by atoms with van der Waals surface area (Å²) in [4.78, 5) is 28.2. The minimum atomic E-state index is -0.221. The average molecular weight is 464 g/mol. The molecule has 0 unspecified atom stereocenters. The normalized spacial score (nSPS) is 12.1. The number of pyridine rings is 1. The van der Waals surface area contributed by atoms with Crippen molar-refractivity contribution in [2.45, 2.75) is 20.8 Å². The van der Waals surface area contributed by atoms with Crippen LogP contribution in [0.1, 0.15) is 45.6 Å². The number of imidazole rings is 1. The number of aromatic amines is 2. The van der Waals surface area contributed by atoms with Gasteiger partial charge in [0.1, 0.15) is 11.6 Å². The molecule has 5 rings (SSSR count). The van der Waals surface area contributed by atoms with E-state index in [9.17, 15) is 4.79 Å². The van der Waals surface area contributed by atoms with Crippen molar-refractivity contribution in [3.8, 4) is 5.69 Å². The number of allylic oxidation sites excluding steroid dienone is 3. The molecule has 8 heteroatoms. The van der Waals surface area contributed by atoms with Gasteiger partial charge in [0.25, 0.3) is 0 Å². The molecule has 0 fully saturated rings. The van der Waals surface area contributed by atoms with Gasteiger partial charge in [-0.3, -0.25) is 9.78 Å². The summed E-state index contributed by atoms with van der Waals surface area (Å²) in [5.74, 6) is 0.886. The molecule has 0 aliphatic carbocycles. The van der Waals surface area contributed by atoms with E-state index in [0.717, 1.165) is 44.9 Å². The molecular weight excluding hydrogens is 438 g/mol. The van der Waals surface area contributed by atoms with Crippen LogP contribution in [-0.4, -0.2) is 35.5 Å². The Kier molecular flexibility index (Phi) is 5.62. The molecule has 0 radical (unpaired) electrons. The first kappa shape index (κ1) is 22.1. The Balaban J connectivity index is 1.37. The Hall–Kier alpha value is -4.72. The second-order valence-electron chi connectivity index (χ2n) is 8.32. The molecule has 0 saturated heterocycles. The quantitative estimate of drug-likeness (QED) is 0.241. The summed E-state index contributed by atoms with van der Waals surface area (Å²) < 4.78 is 1.56. The van der Waals surface area contributed by atoms with Gasteiger partial charge in [-0.2, -0.15) is 5.10 Å². The number of nitrogen functional groups attached to an aromatic ring is 1. The van der Waals surface area contributed by atoms with Gasteiger partial charge < -0.3 is 15.7 Å². The summed E-state index contributed by atoms with van der Waals surface area (Å²) in [6.45, 7) is 5.84. The van der Waals surface area contributed by atoms with Crippen molar-refractivity contribution in [2.75, 3.05) is 5.73 Å². The molecule has 4 heterocycles. The number of hydrogen-bond donors (Lipinski definition) is 3. The Morgan fingerprint density at radius 2 is 1.97 bits per heavy atom. The fourth-order valence-corrected chi connectivity index (χ4v) is 3.96. The number of ketones is 1. The fraction of sp³-hybridized carbons (Fsp3) is 0.111. The van der Waals surface area contributed by atoms with Crippen molar-refractivity contribution in [3.63, 3.8) is 0 Å². The number of nitrogens with zero attached hydrogens (tertiary/aromatic N) is 4. The maximum Gasteiger partial charge on any atom is 0.214 e. The number of H-pyrrole nitrogens is 2. The number of aryl methyl sites for hydroxylation is 2. The standard InChI is InChI=1S/C27H25N7O/c1-4-19(20-7-5-16(2)29-14-20)8-6-18-11-25(30-13-18)26(35)22-15-31-34(27(22)28)21-9-10-23-24(12-21)33-17(3)32-23/h4-15,30H,28H2,1-3H3,(H,32,33)/b8-6-,19-4+. The SMILES string of the molecule is C/C=C(\C=C/c1c[nH]c(C(=O)c2cnn(-c3ccc4nc(C)[nH]c4c3)c2N)c1)c1ccc(C)nc1. The summed E-state index contributed by atoms with van der Waals surface area (Å²) in [6.07, 6.45) is 11.1. The van der Waals surface area contributed by atoms with Gasteiger partial charge in [-0.25, -0.2) is 9.67 Å². The largest absolute Gasteiger partial charge is 0.383 e. The molecule has 4 N–H and O–H groups in total. The van der Waals surface area contributed by atoms with Gasteiger partial charge in [0.15, 0.2) is 0 Å². The second-order valence-corrected chi connectivity index (χ2v) is 8.32. The summed E-state index contributed by atoms with van der Waals surface area (Å²) >= 11 is 0. The molecule has 174 valence electrons. The van der Waals surface area contributed by atoms with Gasteiger partial charge >= 0.3 is 0 Å². The van der Waals surface area contributed by atoms with Gasteiger partial charge in [0, 0.05) is 18.1 Å². The Morgan fingerprint density at radius 1 is 1.11 bits per heavy atom. The Morgan fingerprint density at radius 3 is 2.74 bits per heavy atom. The Labute approximate surface area is 202 Å². The summed E-state index contributed by atoms with van der Waals surface area (Å²) in [5.41, 5.74) is 13.5. The number of benzene rings is 1. The zero-order chi connectivity index (χ0) is 24.5. The zero-order valence-electron chi connectivity index (χ0n) is 19.7. The van der Waals surface area contributed by atoms with Crippen molar-refractivity contribution in [2.24, 2.45) is 0 Å². The smallest absolute Gasteiger partial charge is 0.214 e. The van der Waals surface area contributed by atoms with Crippen LogP contribution in [0.25, 0.3) is 28.4 Å². The van der Waals surface area contributed by atoms with Crippen LogP contribution in [-0.2, 0) is 0 Å². The predicted octanol–water partition coefficient (Wildman–Crippen LogP) is 5.02. The van der Waals surface area contributed by atoms with E-state index in [0.29, 0.717) is 11.3 Å². The molecule has 8 nitrogen and oxygen atoms in total. The van der Waals surface area contributed by atoms with E-state index in [1.807, 2.05) is 75.5 Å². The van der Waals surface area contributed by atoms with Crippen molar-refractivity contribution >= 4 is 34.3 Å². The molecule has 0 amide bonds. The molecule has 4 aromatic heterocycles. The Bertz CT molecular complexity index is 1600. The number of hydrogen-bond acceptors (Lipinski definition) is 5. The van der Waals surface area contributed by atoms with Crippen molar-refractivity contribution < 1.29 is 4.79 Å². The van der Waals surface area contributed by atoms with Crippen molar-refractivity contribution in [3.05, 3.63) is 101 Å². The second kappa shape index (κ2) is 8.90. The van der Waals surface area contributed by atoms with E-state index in [4.69, 9.17) is 5.73 Å². The van der Waals surface area contributed by atoms with E-state index in [1.54, 1.807) is 16.9 Å². The van der Waals surface area contributed by atoms with Crippen LogP contribution in [0.3, 0.4) is 0 Å². The minimum absolute atomic E-state index is 0.221. The topological polar surface area (TPSA) is 118 Å². The van der Waals surface area contributed by atoms with E-state index in [-0.39, 0.29) is 11.6 Å². The highest BCUT2D eigenvalue weighted by Crippen LogP contribution is 2.23. The summed E-state index contributed by atoms with van der Waals surface area (Å²) in [5, 5.41) is 4.36. The lowest BCUT2D eigenvalue weighted by Crippen LogP contribution is -2.07. The first-order valence-corrected chi connectivity index (χ1v) is 11.2. The van der Waals surface area contributed by atoms with Gasteiger partial charge in [-0.05, 0) is 67.8 Å². The third-order valence-electron chi connectivity index (χ3n) is 5.84. The number of anilines is 1. The minimum Gasteiger partial charge on any atom is -0.383 e. The summed E-state index contributed by atoms with van der Waals surface area (Å²) in [6, 6.07) is 11.5. The maximum absolute atomic E-state index is 13.2. The first-order valence-electron chi connectivity index (χ1n) is 11.2. The predicted molar refractivity (Wildman–Crippen MR) is 138 cm³/mol. The van der Waals surface area contributed by atoms with Crippen LogP contribution < -0.4 is 5.73 Å². The third-order valence-corrected chi connectivity index (χ3v) is 5.84. The number of nitrogens with one attached hydrogen (secondary N) is 2. The van der Waals surface area contributed by atoms with E-state index in [1.165, 1.54) is 6.20 Å². The fourth-order valence-electron chi connectivity index (χ4n) is 3.96. The lowest BCUT2D eigenvalue weighted by molar-refractivity contribution is 0.103. The number of carbonyl (C=O) groups is 1. The highest BCUT2D eigenvalue weighted by atomic mass is 16.1. The van der Waals surface area contributed by atoms with Crippen LogP contribution in [0.5, 0.6) is 0 Å². The lowest BCUT2D eigenvalue weighted by atomic mass is 10.1. The number of nitrogens with two attached hydrogens (primary N) is 1. The van der Waals surface area contributed by atoms with Crippen molar-refractivity contribution in [1.82, 2.24) is 29.7 Å². The zero-order valence-corrected chi connectivity index (χ0v) is 19.7. The highest BCUT2D eigenvalue weighted by Gasteiger charge is 2.19.